The molecular weight excluding hydrogens is 457 g/mol. The van der Waals surface area contributed by atoms with Crippen molar-refractivity contribution in [2.45, 2.75) is 38.4 Å². The van der Waals surface area contributed by atoms with Crippen LogP contribution in [0.25, 0.3) is 0 Å². The molecule has 1 atom stereocenters. The first-order chi connectivity index (χ1) is 17.1. The number of carbonyl (C=O) groups is 1. The molecule has 188 valence electrons. The second-order valence-corrected chi connectivity index (χ2v) is 9.61. The Kier molecular flexibility index (Phi) is 7.30. The van der Waals surface area contributed by atoms with Crippen molar-refractivity contribution < 1.29 is 9.18 Å². The Labute approximate surface area is 211 Å². The fourth-order valence-corrected chi connectivity index (χ4v) is 4.11. The third-order valence-electron chi connectivity index (χ3n) is 6.13. The highest BCUT2D eigenvalue weighted by Crippen LogP contribution is 2.30. The van der Waals surface area contributed by atoms with Crippen molar-refractivity contribution in [1.82, 2.24) is 25.2 Å². The number of halogens is 1. The van der Waals surface area contributed by atoms with Crippen molar-refractivity contribution >= 4 is 28.9 Å². The number of likely N-dealkylation sites (N-methyl/N-ethyl adjacent to an activating group) is 1. The molecular formula is C27H32FN7O. The highest BCUT2D eigenvalue weighted by molar-refractivity contribution is 6.00. The number of hydrogen-bond donors (Lipinski definition) is 3. The van der Waals surface area contributed by atoms with Crippen molar-refractivity contribution in [3.05, 3.63) is 77.9 Å². The van der Waals surface area contributed by atoms with Crippen molar-refractivity contribution in [1.29, 1.82) is 0 Å². The van der Waals surface area contributed by atoms with Crippen LogP contribution in [0, 0.1) is 0 Å². The maximum Gasteiger partial charge on any atom is 0.255 e. The number of nitrogens with zero attached hydrogens (tertiary/aromatic N) is 4. The molecule has 0 radical (unpaired) electrons. The van der Waals surface area contributed by atoms with E-state index >= 15 is 0 Å². The molecule has 0 bridgehead atoms. The second-order valence-electron chi connectivity index (χ2n) is 9.61. The van der Waals surface area contributed by atoms with Gasteiger partial charge in [0.2, 0.25) is 0 Å². The lowest BCUT2D eigenvalue weighted by atomic mass is 10.1. The second kappa shape index (κ2) is 10.4. The molecule has 36 heavy (non-hydrogen) atoms. The number of pyridine rings is 1. The van der Waals surface area contributed by atoms with E-state index in [0.717, 1.165) is 18.5 Å². The first kappa shape index (κ1) is 25.2. The fraction of sp³-hybridized carbons (Fsp3) is 0.333. The summed E-state index contributed by atoms with van der Waals surface area (Å²) < 4.78 is 14.4. The molecule has 0 fully saturated rings. The smallest absolute Gasteiger partial charge is 0.255 e. The first-order valence-corrected chi connectivity index (χ1v) is 11.9. The Bertz CT molecular complexity index is 1270. The number of carbonyl (C=O) groups excluding carboxylic acids is 1. The number of amides is 1. The maximum atomic E-state index is 14.4. The lowest BCUT2D eigenvalue weighted by Crippen LogP contribution is -2.27. The third-order valence-corrected chi connectivity index (χ3v) is 6.13. The van der Waals surface area contributed by atoms with E-state index in [1.54, 1.807) is 18.2 Å². The molecule has 0 saturated carbocycles. The van der Waals surface area contributed by atoms with Crippen LogP contribution in [0.1, 0.15) is 41.2 Å². The minimum Gasteiger partial charge on any atom is -0.348 e. The molecule has 2 aromatic heterocycles. The largest absolute Gasteiger partial charge is 0.348 e. The molecule has 1 aromatic carbocycles. The molecule has 1 aliphatic rings. The zero-order chi connectivity index (χ0) is 25.9. The molecule has 0 aliphatic heterocycles. The molecule has 3 N–H and O–H groups in total. The highest BCUT2D eigenvalue weighted by Gasteiger charge is 2.24. The zero-order valence-electron chi connectivity index (χ0n) is 21.1. The van der Waals surface area contributed by atoms with E-state index < -0.39 is 5.67 Å². The van der Waals surface area contributed by atoms with Crippen LogP contribution in [0.3, 0.4) is 0 Å². The predicted octanol–water partition coefficient (Wildman–Crippen LogP) is 4.51. The topological polar surface area (TPSA) is 95.1 Å². The van der Waals surface area contributed by atoms with E-state index in [-0.39, 0.29) is 11.7 Å². The van der Waals surface area contributed by atoms with E-state index in [9.17, 15) is 9.18 Å². The molecule has 1 amide bonds. The van der Waals surface area contributed by atoms with Gasteiger partial charge >= 0.3 is 0 Å². The normalized spacial score (nSPS) is 14.9. The lowest BCUT2D eigenvalue weighted by molar-refractivity contribution is 0.0958. The highest BCUT2D eigenvalue weighted by atomic mass is 19.1. The molecule has 0 spiro atoms. The van der Waals surface area contributed by atoms with Gasteiger partial charge in [-0.2, -0.15) is 0 Å². The number of rotatable bonds is 9. The summed E-state index contributed by atoms with van der Waals surface area (Å²) in [7, 11) is 4.21. The Hall–Kier alpha value is -3.85. The molecule has 2 heterocycles. The minimum absolute atomic E-state index is 0.0479. The van der Waals surface area contributed by atoms with Crippen LogP contribution in [0.4, 0.5) is 27.4 Å². The van der Waals surface area contributed by atoms with Gasteiger partial charge in [0.05, 0.1) is 11.3 Å². The Balaban J connectivity index is 1.62. The van der Waals surface area contributed by atoms with Gasteiger partial charge in [0, 0.05) is 36.7 Å². The van der Waals surface area contributed by atoms with Crippen LogP contribution in [0.2, 0.25) is 0 Å². The van der Waals surface area contributed by atoms with Crippen molar-refractivity contribution in [3.8, 4) is 0 Å². The Morgan fingerprint density at radius 1 is 1.14 bits per heavy atom. The average molecular weight is 490 g/mol. The fourth-order valence-electron chi connectivity index (χ4n) is 4.11. The van der Waals surface area contributed by atoms with Crippen LogP contribution in [0.5, 0.6) is 0 Å². The quantitative estimate of drug-likeness (QED) is 0.381. The van der Waals surface area contributed by atoms with Gasteiger partial charge in [-0.05, 0) is 70.1 Å². The average Bonchev–Trinajstić information content (AvgIpc) is 3.26. The van der Waals surface area contributed by atoms with E-state index in [2.05, 4.69) is 68.6 Å². The number of nitrogens with one attached hydrogen (secondary N) is 3. The number of aromatic nitrogens is 3. The Morgan fingerprint density at radius 3 is 2.64 bits per heavy atom. The van der Waals surface area contributed by atoms with Gasteiger partial charge in [-0.15, -0.1) is 6.58 Å². The minimum atomic E-state index is -1.70. The summed E-state index contributed by atoms with van der Waals surface area (Å²) in [6.07, 6.45) is 6.62. The predicted molar refractivity (Wildman–Crippen MR) is 141 cm³/mol. The summed E-state index contributed by atoms with van der Waals surface area (Å²) in [6.45, 7) is 6.74. The molecule has 3 aromatic rings. The monoisotopic (exact) mass is 489 g/mol. The SMILES string of the molecule is C=CCNC(=O)c1cnc(Nc2ccc3c(c2)CC(N(C)C)C3)cc1Nc1ccnc(C(C)(C)F)n1. The van der Waals surface area contributed by atoms with Crippen LogP contribution in [-0.4, -0.2) is 52.4 Å². The van der Waals surface area contributed by atoms with Crippen molar-refractivity contribution in [2.24, 2.45) is 0 Å². The van der Waals surface area contributed by atoms with Gasteiger partial charge in [-0.25, -0.2) is 19.3 Å². The lowest BCUT2D eigenvalue weighted by Gasteiger charge is -2.17. The van der Waals surface area contributed by atoms with Crippen LogP contribution >= 0.6 is 0 Å². The summed E-state index contributed by atoms with van der Waals surface area (Å²) in [4.78, 5) is 27.8. The maximum absolute atomic E-state index is 14.4. The van der Waals surface area contributed by atoms with E-state index in [4.69, 9.17) is 0 Å². The number of anilines is 4. The van der Waals surface area contributed by atoms with Gasteiger partial charge in [-0.1, -0.05) is 12.1 Å². The van der Waals surface area contributed by atoms with Gasteiger partial charge in [0.15, 0.2) is 11.5 Å². The first-order valence-electron chi connectivity index (χ1n) is 11.9. The molecule has 4 rings (SSSR count). The van der Waals surface area contributed by atoms with Gasteiger partial charge < -0.3 is 20.9 Å². The molecule has 8 nitrogen and oxygen atoms in total. The van der Waals surface area contributed by atoms with Crippen molar-refractivity contribution in [2.75, 3.05) is 31.3 Å². The van der Waals surface area contributed by atoms with Crippen LogP contribution in [0.15, 0.2) is 55.4 Å². The molecule has 9 heteroatoms. The number of fused-ring (bicyclic) bond motifs is 1. The van der Waals surface area contributed by atoms with Gasteiger partial charge in [-0.3, -0.25) is 4.79 Å². The standard InChI is InChI=1S/C27H32FN7O/c1-6-10-29-25(36)21-16-31-24(15-22(21)33-23-9-11-30-26(34-23)27(2,3)28)32-19-8-7-17-13-20(35(4)5)14-18(17)12-19/h6-9,11-12,15-16,20H,1,10,13-14H2,2-5H3,(H,29,36)(H2,30,31,32,33,34). The zero-order valence-corrected chi connectivity index (χ0v) is 21.1. The van der Waals surface area contributed by atoms with E-state index in [0.29, 0.717) is 35.5 Å². The Morgan fingerprint density at radius 2 is 1.92 bits per heavy atom. The van der Waals surface area contributed by atoms with Gasteiger partial charge in [0.25, 0.3) is 5.91 Å². The number of benzene rings is 1. The molecule has 1 aliphatic carbocycles. The summed E-state index contributed by atoms with van der Waals surface area (Å²) in [6, 6.07) is 10.2. The summed E-state index contributed by atoms with van der Waals surface area (Å²) in [5.74, 6) is 0.656. The summed E-state index contributed by atoms with van der Waals surface area (Å²) in [5.41, 5.74) is 2.69. The van der Waals surface area contributed by atoms with Gasteiger partial charge in [0.1, 0.15) is 11.6 Å². The van der Waals surface area contributed by atoms with E-state index in [1.807, 2.05) is 6.07 Å². The van der Waals surface area contributed by atoms with E-state index in [1.165, 1.54) is 37.4 Å². The van der Waals surface area contributed by atoms with Crippen molar-refractivity contribution in [3.63, 3.8) is 0 Å². The van der Waals surface area contributed by atoms with Crippen LogP contribution < -0.4 is 16.0 Å². The molecule has 0 saturated heterocycles. The third kappa shape index (κ3) is 5.85. The summed E-state index contributed by atoms with van der Waals surface area (Å²) >= 11 is 0. The van der Waals surface area contributed by atoms with Crippen LogP contribution in [-0.2, 0) is 18.5 Å². The number of hydrogen-bond acceptors (Lipinski definition) is 7. The summed E-state index contributed by atoms with van der Waals surface area (Å²) in [5, 5.41) is 9.25. The molecule has 1 unspecified atom stereocenters. The number of alkyl halides is 1.